The predicted molar refractivity (Wildman–Crippen MR) is 313 cm³/mol. The van der Waals surface area contributed by atoms with Crippen molar-refractivity contribution in [3.63, 3.8) is 0 Å². The second-order valence-corrected chi connectivity index (χ2v) is 20.3. The molecule has 14 aromatic carbocycles. The summed E-state index contributed by atoms with van der Waals surface area (Å²) in [6.07, 6.45) is 0. The molecule has 1 nitrogen and oxygen atoms in total. The van der Waals surface area contributed by atoms with Crippen LogP contribution in [0.3, 0.4) is 0 Å². The maximum Gasteiger partial charge on any atom is 0.0726 e. The summed E-state index contributed by atoms with van der Waals surface area (Å²) in [5, 5.41) is 15.0. The molecule has 342 valence electrons. The third-order valence-electron chi connectivity index (χ3n) is 16.6. The normalized spacial score (nSPS) is 13.0. The highest BCUT2D eigenvalue weighted by atomic mass is 15.1. The van der Waals surface area contributed by atoms with Crippen molar-refractivity contribution in [2.45, 2.75) is 5.41 Å². The van der Waals surface area contributed by atoms with Gasteiger partial charge in [-0.25, -0.2) is 0 Å². The molecule has 0 saturated carbocycles. The van der Waals surface area contributed by atoms with Gasteiger partial charge in [-0.2, -0.15) is 0 Å². The van der Waals surface area contributed by atoms with Crippen LogP contribution in [0.25, 0.3) is 109 Å². The SMILES string of the molecule is c1ccc2c(c1)-c1ccccc1C21c2ccccc2-c2cc(-c3ccc4ccccc4c3)c(N(c3ccc(-c4ccc5ccc6ccccc6c5c4)cc3)c3ccc4c5ccccc5c5ccccc5c4c3)cc21. The lowest BCUT2D eigenvalue weighted by Crippen LogP contribution is -2.26. The lowest BCUT2D eigenvalue weighted by Gasteiger charge is -2.33. The van der Waals surface area contributed by atoms with E-state index in [4.69, 9.17) is 0 Å². The first-order valence-corrected chi connectivity index (χ1v) is 25.8. The largest absolute Gasteiger partial charge is 0.310 e. The Morgan fingerprint density at radius 3 is 1.34 bits per heavy atom. The molecule has 0 fully saturated rings. The van der Waals surface area contributed by atoms with Crippen molar-refractivity contribution in [2.75, 3.05) is 4.90 Å². The average molecular weight is 936 g/mol. The van der Waals surface area contributed by atoms with Crippen molar-refractivity contribution in [1.29, 1.82) is 0 Å². The molecule has 16 rings (SSSR count). The van der Waals surface area contributed by atoms with Crippen molar-refractivity contribution in [3.05, 3.63) is 295 Å². The smallest absolute Gasteiger partial charge is 0.0726 e. The highest BCUT2D eigenvalue weighted by Crippen LogP contribution is 2.64. The van der Waals surface area contributed by atoms with Crippen molar-refractivity contribution in [1.82, 2.24) is 0 Å². The van der Waals surface area contributed by atoms with Gasteiger partial charge in [-0.15, -0.1) is 0 Å². The van der Waals surface area contributed by atoms with Gasteiger partial charge < -0.3 is 4.90 Å². The van der Waals surface area contributed by atoms with Crippen molar-refractivity contribution in [2.24, 2.45) is 0 Å². The van der Waals surface area contributed by atoms with Crippen LogP contribution in [0.4, 0.5) is 17.1 Å². The second kappa shape index (κ2) is 15.7. The minimum Gasteiger partial charge on any atom is -0.310 e. The Morgan fingerprint density at radius 2 is 0.676 bits per heavy atom. The maximum atomic E-state index is 2.57. The fraction of sp³-hybridized carbons (Fsp3) is 0.0137. The van der Waals surface area contributed by atoms with Crippen LogP contribution in [0.1, 0.15) is 22.3 Å². The van der Waals surface area contributed by atoms with Gasteiger partial charge in [-0.3, -0.25) is 0 Å². The summed E-state index contributed by atoms with van der Waals surface area (Å²) in [7, 11) is 0. The number of benzene rings is 14. The van der Waals surface area contributed by atoms with Crippen LogP contribution in [0.5, 0.6) is 0 Å². The molecule has 0 saturated heterocycles. The molecule has 1 spiro atoms. The molecule has 0 heterocycles. The van der Waals surface area contributed by atoms with Gasteiger partial charge in [0.15, 0.2) is 0 Å². The van der Waals surface area contributed by atoms with Crippen LogP contribution in [0, 0.1) is 0 Å². The van der Waals surface area contributed by atoms with Crippen LogP contribution in [-0.4, -0.2) is 0 Å². The highest BCUT2D eigenvalue weighted by molar-refractivity contribution is 6.26. The van der Waals surface area contributed by atoms with E-state index in [9.17, 15) is 0 Å². The van der Waals surface area contributed by atoms with E-state index in [1.54, 1.807) is 0 Å². The molecule has 0 atom stereocenters. The molecule has 1 heteroatoms. The van der Waals surface area contributed by atoms with Gasteiger partial charge in [-0.1, -0.05) is 224 Å². The van der Waals surface area contributed by atoms with Crippen molar-refractivity contribution in [3.8, 4) is 44.5 Å². The minimum atomic E-state index is -0.524. The Kier molecular flexibility index (Phi) is 8.73. The molecule has 2 aliphatic carbocycles. The van der Waals surface area contributed by atoms with Gasteiger partial charge >= 0.3 is 0 Å². The molecule has 0 N–H and O–H groups in total. The fourth-order valence-corrected chi connectivity index (χ4v) is 13.3. The number of rotatable bonds is 5. The zero-order chi connectivity index (χ0) is 48.5. The molecule has 0 bridgehead atoms. The third-order valence-corrected chi connectivity index (χ3v) is 16.6. The van der Waals surface area contributed by atoms with Crippen molar-refractivity contribution >= 4 is 81.7 Å². The van der Waals surface area contributed by atoms with Crippen LogP contribution >= 0.6 is 0 Å². The second-order valence-electron chi connectivity index (χ2n) is 20.3. The van der Waals surface area contributed by atoms with Crippen molar-refractivity contribution < 1.29 is 0 Å². The summed E-state index contributed by atoms with van der Waals surface area (Å²) < 4.78 is 0. The molecule has 0 amide bonds. The first-order valence-electron chi connectivity index (χ1n) is 25.8. The number of nitrogens with zero attached hydrogens (tertiary/aromatic N) is 1. The van der Waals surface area contributed by atoms with E-state index in [0.29, 0.717) is 0 Å². The van der Waals surface area contributed by atoms with Gasteiger partial charge in [-0.05, 0) is 174 Å². The Bertz CT molecular complexity index is 4590. The number of hydrogen-bond acceptors (Lipinski definition) is 1. The van der Waals surface area contributed by atoms with Crippen LogP contribution < -0.4 is 4.90 Å². The van der Waals surface area contributed by atoms with Gasteiger partial charge in [0, 0.05) is 16.9 Å². The van der Waals surface area contributed by atoms with Gasteiger partial charge in [0.2, 0.25) is 0 Å². The standard InChI is InChI=1S/C73H45N/c1-2-17-50-41-52(34-29-46(50)15-1)65-44-67-63-25-11-14-28-70(63)73(68-26-12-9-23-61(68)62-24-10-13-27-69(62)73)71(67)45-72(65)74(54-39-40-60-58-21-6-5-19-56(58)57-20-7-8-22-59(57)66(60)43-54)53-37-35-47(36-38-53)51-33-32-49-31-30-48-16-3-4-18-55(48)64(49)42-51/h1-45H. The quantitative estimate of drug-likeness (QED) is 0.155. The minimum absolute atomic E-state index is 0.524. The van der Waals surface area contributed by atoms with Crippen LogP contribution in [-0.2, 0) is 5.41 Å². The zero-order valence-electron chi connectivity index (χ0n) is 40.4. The van der Waals surface area contributed by atoms with Gasteiger partial charge in [0.05, 0.1) is 11.1 Å². The average Bonchev–Trinajstić information content (AvgIpc) is 4.07. The number of fused-ring (bicyclic) bond motifs is 20. The third kappa shape index (κ3) is 5.81. The Balaban J connectivity index is 0.997. The molecule has 2 aliphatic rings. The molecule has 0 unspecified atom stereocenters. The lowest BCUT2D eigenvalue weighted by molar-refractivity contribution is 0.794. The monoisotopic (exact) mass is 935 g/mol. The Hall–Kier alpha value is -9.56. The first-order chi connectivity index (χ1) is 36.7. The molecule has 74 heavy (non-hydrogen) atoms. The van der Waals surface area contributed by atoms with E-state index in [-0.39, 0.29) is 0 Å². The first kappa shape index (κ1) is 41.1. The molecule has 0 radical (unpaired) electrons. The van der Waals surface area contributed by atoms with Gasteiger partial charge in [0.25, 0.3) is 0 Å². The summed E-state index contributed by atoms with van der Waals surface area (Å²) in [6, 6.07) is 103. The Morgan fingerprint density at radius 1 is 0.216 bits per heavy atom. The van der Waals surface area contributed by atoms with Crippen LogP contribution in [0.2, 0.25) is 0 Å². The molecular weight excluding hydrogens is 891 g/mol. The highest BCUT2D eigenvalue weighted by Gasteiger charge is 2.52. The predicted octanol–water partition coefficient (Wildman–Crippen LogP) is 19.8. The van der Waals surface area contributed by atoms with E-state index in [0.717, 1.165) is 17.1 Å². The number of anilines is 3. The van der Waals surface area contributed by atoms with Crippen LogP contribution in [0.15, 0.2) is 273 Å². The maximum absolute atomic E-state index is 2.57. The zero-order valence-corrected chi connectivity index (χ0v) is 40.4. The van der Waals surface area contributed by atoms with E-state index in [2.05, 4.69) is 278 Å². The fourth-order valence-electron chi connectivity index (χ4n) is 13.3. The van der Waals surface area contributed by atoms with E-state index in [1.165, 1.54) is 131 Å². The summed E-state index contributed by atoms with van der Waals surface area (Å²) >= 11 is 0. The Labute approximate surface area is 429 Å². The summed E-state index contributed by atoms with van der Waals surface area (Å²) in [5.41, 5.74) is 18.0. The summed E-state index contributed by atoms with van der Waals surface area (Å²) in [6.45, 7) is 0. The van der Waals surface area contributed by atoms with E-state index in [1.807, 2.05) is 0 Å². The molecule has 0 aromatic heterocycles. The van der Waals surface area contributed by atoms with Gasteiger partial charge in [0.1, 0.15) is 0 Å². The molecule has 0 aliphatic heterocycles. The molecule has 14 aromatic rings. The topological polar surface area (TPSA) is 3.24 Å². The summed E-state index contributed by atoms with van der Waals surface area (Å²) in [5.74, 6) is 0. The van der Waals surface area contributed by atoms with E-state index < -0.39 is 5.41 Å². The number of hydrogen-bond donors (Lipinski definition) is 0. The summed E-state index contributed by atoms with van der Waals surface area (Å²) in [4.78, 5) is 2.55. The molecular formula is C73H45N. The lowest BCUT2D eigenvalue weighted by atomic mass is 9.70. The van der Waals surface area contributed by atoms with E-state index >= 15 is 0 Å².